The lowest BCUT2D eigenvalue weighted by molar-refractivity contribution is -0.150. The first-order chi connectivity index (χ1) is 18.6. The molecule has 1 amide bonds. The maximum Gasteiger partial charge on any atom is 0.286 e. The van der Waals surface area contributed by atoms with Crippen molar-refractivity contribution in [3.8, 4) is 0 Å². The van der Waals surface area contributed by atoms with E-state index in [0.717, 1.165) is 16.7 Å². The van der Waals surface area contributed by atoms with E-state index in [-0.39, 0.29) is 30.3 Å². The molecule has 1 aliphatic rings. The Bertz CT molecular complexity index is 1480. The van der Waals surface area contributed by atoms with Crippen LogP contribution in [0.15, 0.2) is 106 Å². The average molecular weight is 512 g/mol. The monoisotopic (exact) mass is 511 g/mol. The number of carbonyl (C=O) groups excluding carboxylic acids is 1. The number of benzene rings is 3. The van der Waals surface area contributed by atoms with Crippen LogP contribution in [0.5, 0.6) is 0 Å². The molecule has 1 aliphatic heterocycles. The van der Waals surface area contributed by atoms with Gasteiger partial charge in [-0.05, 0) is 41.3 Å². The SMILES string of the molecule is O=C(NCCc1ccccc1)C1=C[C@@H](c2coc3ccccc3c2=O)C[C@@H](OCc2ccc(CO)cc2)O1. The summed E-state index contributed by atoms with van der Waals surface area (Å²) in [7, 11) is 0. The Morgan fingerprint density at radius 2 is 1.68 bits per heavy atom. The van der Waals surface area contributed by atoms with E-state index in [0.29, 0.717) is 35.9 Å². The van der Waals surface area contributed by atoms with E-state index < -0.39 is 12.2 Å². The number of rotatable bonds is 9. The zero-order valence-corrected chi connectivity index (χ0v) is 20.8. The van der Waals surface area contributed by atoms with Crippen molar-refractivity contribution in [2.45, 2.75) is 38.3 Å². The molecule has 0 aliphatic carbocycles. The van der Waals surface area contributed by atoms with Gasteiger partial charge in [-0.2, -0.15) is 0 Å². The predicted molar refractivity (Wildman–Crippen MR) is 143 cm³/mol. The van der Waals surface area contributed by atoms with E-state index in [1.165, 1.54) is 6.26 Å². The maximum atomic E-state index is 13.3. The van der Waals surface area contributed by atoms with Crippen LogP contribution < -0.4 is 10.7 Å². The molecule has 38 heavy (non-hydrogen) atoms. The third-order valence-corrected chi connectivity index (χ3v) is 6.57. The fourth-order valence-corrected chi connectivity index (χ4v) is 4.47. The molecule has 4 aromatic rings. The van der Waals surface area contributed by atoms with Crippen LogP contribution in [0, 0.1) is 0 Å². The molecular formula is C31H29NO6. The number of hydrogen-bond donors (Lipinski definition) is 2. The number of hydrogen-bond acceptors (Lipinski definition) is 6. The number of aliphatic hydroxyl groups excluding tert-OH is 1. The van der Waals surface area contributed by atoms with Gasteiger partial charge in [0, 0.05) is 24.4 Å². The van der Waals surface area contributed by atoms with Gasteiger partial charge in [-0.25, -0.2) is 0 Å². The van der Waals surface area contributed by atoms with Gasteiger partial charge >= 0.3 is 0 Å². The summed E-state index contributed by atoms with van der Waals surface area (Å²) in [6, 6.07) is 24.4. The number of nitrogens with one attached hydrogen (secondary N) is 1. The highest BCUT2D eigenvalue weighted by atomic mass is 16.7. The van der Waals surface area contributed by atoms with Crippen LogP contribution in [0.25, 0.3) is 11.0 Å². The van der Waals surface area contributed by atoms with Crippen molar-refractivity contribution in [3.05, 3.63) is 129 Å². The van der Waals surface area contributed by atoms with Crippen LogP contribution in [0.2, 0.25) is 0 Å². The molecule has 5 rings (SSSR count). The summed E-state index contributed by atoms with van der Waals surface area (Å²) in [5, 5.41) is 12.7. The molecule has 3 aromatic carbocycles. The zero-order valence-electron chi connectivity index (χ0n) is 20.8. The van der Waals surface area contributed by atoms with Gasteiger partial charge in [-0.15, -0.1) is 0 Å². The second-order valence-electron chi connectivity index (χ2n) is 9.21. The van der Waals surface area contributed by atoms with E-state index in [1.807, 2.05) is 60.7 Å². The van der Waals surface area contributed by atoms with E-state index in [9.17, 15) is 14.7 Å². The summed E-state index contributed by atoms with van der Waals surface area (Å²) >= 11 is 0. The zero-order chi connectivity index (χ0) is 26.3. The molecule has 7 heteroatoms. The molecule has 0 unspecified atom stereocenters. The van der Waals surface area contributed by atoms with Crippen LogP contribution in [0.3, 0.4) is 0 Å². The van der Waals surface area contributed by atoms with Gasteiger partial charge in [-0.1, -0.05) is 66.7 Å². The highest BCUT2D eigenvalue weighted by molar-refractivity contribution is 5.91. The van der Waals surface area contributed by atoms with Crippen LogP contribution in [-0.2, 0) is 33.9 Å². The lowest BCUT2D eigenvalue weighted by Gasteiger charge is -2.29. The number of ether oxygens (including phenoxy) is 2. The number of aliphatic hydroxyl groups is 1. The molecule has 2 heterocycles. The van der Waals surface area contributed by atoms with Gasteiger partial charge in [0.2, 0.25) is 6.29 Å². The Balaban J connectivity index is 1.35. The van der Waals surface area contributed by atoms with Crippen LogP contribution in [-0.4, -0.2) is 23.8 Å². The molecule has 2 N–H and O–H groups in total. The molecule has 0 bridgehead atoms. The van der Waals surface area contributed by atoms with Crippen LogP contribution >= 0.6 is 0 Å². The Kier molecular flexibility index (Phi) is 7.97. The van der Waals surface area contributed by atoms with Crippen molar-refractivity contribution in [1.82, 2.24) is 5.32 Å². The van der Waals surface area contributed by atoms with Gasteiger partial charge in [0.15, 0.2) is 11.2 Å². The normalized spacial score (nSPS) is 17.0. The predicted octanol–water partition coefficient (Wildman–Crippen LogP) is 4.57. The van der Waals surface area contributed by atoms with Crippen molar-refractivity contribution >= 4 is 16.9 Å². The molecule has 0 spiro atoms. The standard InChI is InChI=1S/C31H29NO6/c33-18-22-10-12-23(13-11-22)19-37-29-17-24(26-20-36-27-9-5-4-8-25(27)30(26)34)16-28(38-29)31(35)32-15-14-21-6-2-1-3-7-21/h1-13,16,20,24,29,33H,14-15,17-19H2,(H,32,35)/t24-,29+/m1/s1. The highest BCUT2D eigenvalue weighted by Gasteiger charge is 2.30. The van der Waals surface area contributed by atoms with Crippen LogP contribution in [0.1, 0.15) is 34.6 Å². The lowest BCUT2D eigenvalue weighted by atomic mass is 9.93. The number of amides is 1. The minimum absolute atomic E-state index is 0.0313. The van der Waals surface area contributed by atoms with Crippen molar-refractivity contribution in [3.63, 3.8) is 0 Å². The Hall–Kier alpha value is -4.20. The topological polar surface area (TPSA) is 98.0 Å². The maximum absolute atomic E-state index is 13.3. The van der Waals surface area contributed by atoms with Gasteiger partial charge in [0.1, 0.15) is 5.58 Å². The van der Waals surface area contributed by atoms with Gasteiger partial charge in [0.25, 0.3) is 5.91 Å². The smallest absolute Gasteiger partial charge is 0.286 e. The quantitative estimate of drug-likeness (QED) is 0.342. The number of carbonyl (C=O) groups is 1. The molecule has 1 aromatic heterocycles. The molecular weight excluding hydrogens is 482 g/mol. The summed E-state index contributed by atoms with van der Waals surface area (Å²) in [6.45, 7) is 0.657. The first-order valence-corrected chi connectivity index (χ1v) is 12.6. The van der Waals surface area contributed by atoms with Gasteiger partial charge in [0.05, 0.1) is 24.9 Å². The third kappa shape index (κ3) is 6.02. The molecule has 0 fully saturated rings. The number of fused-ring (bicyclic) bond motifs is 1. The van der Waals surface area contributed by atoms with E-state index in [2.05, 4.69) is 5.32 Å². The fourth-order valence-electron chi connectivity index (χ4n) is 4.47. The van der Waals surface area contributed by atoms with Gasteiger partial charge < -0.3 is 24.3 Å². The van der Waals surface area contributed by atoms with Crippen molar-refractivity contribution in [2.24, 2.45) is 0 Å². The van der Waals surface area contributed by atoms with Crippen molar-refractivity contribution in [2.75, 3.05) is 6.54 Å². The molecule has 0 saturated carbocycles. The van der Waals surface area contributed by atoms with Crippen LogP contribution in [0.4, 0.5) is 0 Å². The van der Waals surface area contributed by atoms with E-state index in [1.54, 1.807) is 24.3 Å². The minimum atomic E-state index is -0.747. The summed E-state index contributed by atoms with van der Waals surface area (Å²) in [4.78, 5) is 26.4. The third-order valence-electron chi connectivity index (χ3n) is 6.57. The van der Waals surface area contributed by atoms with E-state index in [4.69, 9.17) is 13.9 Å². The minimum Gasteiger partial charge on any atom is -0.464 e. The summed E-state index contributed by atoms with van der Waals surface area (Å²) in [6.07, 6.45) is 3.42. The van der Waals surface area contributed by atoms with Crippen molar-refractivity contribution in [1.29, 1.82) is 0 Å². The Morgan fingerprint density at radius 3 is 2.47 bits per heavy atom. The molecule has 0 radical (unpaired) electrons. The Labute approximate surface area is 220 Å². The Morgan fingerprint density at radius 1 is 0.947 bits per heavy atom. The molecule has 7 nitrogen and oxygen atoms in total. The first-order valence-electron chi connectivity index (χ1n) is 12.6. The molecule has 2 atom stereocenters. The highest BCUT2D eigenvalue weighted by Crippen LogP contribution is 2.31. The van der Waals surface area contributed by atoms with Gasteiger partial charge in [-0.3, -0.25) is 9.59 Å². The lowest BCUT2D eigenvalue weighted by Crippen LogP contribution is -2.34. The molecule has 194 valence electrons. The fraction of sp³-hybridized carbons (Fsp3) is 0.226. The van der Waals surface area contributed by atoms with Crippen molar-refractivity contribution < 1.29 is 23.8 Å². The average Bonchev–Trinajstić information content (AvgIpc) is 2.97. The summed E-state index contributed by atoms with van der Waals surface area (Å²) in [5.41, 5.74) is 3.64. The molecule has 0 saturated heterocycles. The van der Waals surface area contributed by atoms with E-state index >= 15 is 0 Å². The second kappa shape index (κ2) is 11.9. The number of para-hydroxylation sites is 1. The largest absolute Gasteiger partial charge is 0.464 e. The summed E-state index contributed by atoms with van der Waals surface area (Å²) in [5.74, 6) is -0.680. The number of allylic oxidation sites excluding steroid dienone is 1. The summed E-state index contributed by atoms with van der Waals surface area (Å²) < 4.78 is 17.7. The second-order valence-corrected chi connectivity index (χ2v) is 9.21. The first kappa shape index (κ1) is 25.4.